The van der Waals surface area contributed by atoms with Crippen LogP contribution in [0, 0.1) is 26.7 Å². The zero-order valence-electron chi connectivity index (χ0n) is 23.6. The number of rotatable bonds is 11. The second-order valence-corrected chi connectivity index (χ2v) is 12.3. The molecule has 0 aliphatic rings. The number of benzene rings is 3. The van der Waals surface area contributed by atoms with Crippen LogP contribution in [0.4, 0.5) is 5.69 Å². The maximum absolute atomic E-state index is 14.0. The predicted molar refractivity (Wildman–Crippen MR) is 156 cm³/mol. The lowest BCUT2D eigenvalue weighted by molar-refractivity contribution is -0.139. The van der Waals surface area contributed by atoms with E-state index < -0.39 is 28.5 Å². The SMILES string of the molecule is Cc1ccc(S(=O)(=O)N(CC(=O)N(Cc2ccccc2)C(C)C(=O)NCC(C)C)c2ccc(C)cc2C)cc1. The quantitative estimate of drug-likeness (QED) is 0.365. The lowest BCUT2D eigenvalue weighted by Crippen LogP contribution is -2.51. The molecule has 2 amide bonds. The number of nitrogens with zero attached hydrogens (tertiary/aromatic N) is 2. The van der Waals surface area contributed by atoms with Crippen molar-refractivity contribution < 1.29 is 18.0 Å². The van der Waals surface area contributed by atoms with Gasteiger partial charge >= 0.3 is 0 Å². The van der Waals surface area contributed by atoms with Crippen molar-refractivity contribution in [3.05, 3.63) is 95.1 Å². The van der Waals surface area contributed by atoms with Gasteiger partial charge in [-0.25, -0.2) is 8.42 Å². The Kier molecular flexibility index (Phi) is 9.92. The van der Waals surface area contributed by atoms with Gasteiger partial charge in [-0.1, -0.05) is 79.6 Å². The van der Waals surface area contributed by atoms with Crippen LogP contribution in [0.25, 0.3) is 0 Å². The molecule has 1 N–H and O–H groups in total. The van der Waals surface area contributed by atoms with Crippen LogP contribution in [0.15, 0.2) is 77.7 Å². The monoisotopic (exact) mass is 549 g/mol. The van der Waals surface area contributed by atoms with Gasteiger partial charge in [0.2, 0.25) is 11.8 Å². The fourth-order valence-electron chi connectivity index (χ4n) is 4.25. The summed E-state index contributed by atoms with van der Waals surface area (Å²) in [7, 11) is -4.09. The van der Waals surface area contributed by atoms with E-state index in [2.05, 4.69) is 5.32 Å². The highest BCUT2D eigenvalue weighted by Crippen LogP contribution is 2.28. The summed E-state index contributed by atoms with van der Waals surface area (Å²) in [6.45, 7) is 11.5. The third-order valence-corrected chi connectivity index (χ3v) is 8.33. The molecular weight excluding hydrogens is 510 g/mol. The van der Waals surface area contributed by atoms with E-state index in [9.17, 15) is 18.0 Å². The Hall–Kier alpha value is -3.65. The minimum absolute atomic E-state index is 0.0956. The van der Waals surface area contributed by atoms with E-state index in [1.807, 2.05) is 77.1 Å². The molecule has 39 heavy (non-hydrogen) atoms. The second-order valence-electron chi connectivity index (χ2n) is 10.4. The van der Waals surface area contributed by atoms with Crippen molar-refractivity contribution in [3.8, 4) is 0 Å². The van der Waals surface area contributed by atoms with Crippen LogP contribution in [-0.4, -0.2) is 44.3 Å². The summed E-state index contributed by atoms with van der Waals surface area (Å²) in [4.78, 5) is 28.6. The third kappa shape index (κ3) is 7.69. The van der Waals surface area contributed by atoms with Gasteiger partial charge < -0.3 is 10.2 Å². The maximum Gasteiger partial charge on any atom is 0.264 e. The first-order chi connectivity index (χ1) is 18.4. The molecule has 208 valence electrons. The van der Waals surface area contributed by atoms with E-state index in [1.165, 1.54) is 4.90 Å². The molecule has 0 heterocycles. The van der Waals surface area contributed by atoms with Crippen LogP contribution in [0.2, 0.25) is 0 Å². The minimum atomic E-state index is -4.09. The van der Waals surface area contributed by atoms with Crippen LogP contribution in [-0.2, 0) is 26.2 Å². The first kappa shape index (κ1) is 29.9. The lowest BCUT2D eigenvalue weighted by Gasteiger charge is -2.32. The van der Waals surface area contributed by atoms with Gasteiger partial charge in [0.1, 0.15) is 12.6 Å². The van der Waals surface area contributed by atoms with Crippen LogP contribution in [0.1, 0.15) is 43.0 Å². The van der Waals surface area contributed by atoms with Crippen molar-refractivity contribution in [1.29, 1.82) is 0 Å². The Morgan fingerprint density at radius 2 is 1.46 bits per heavy atom. The molecule has 0 aromatic heterocycles. The first-order valence-electron chi connectivity index (χ1n) is 13.2. The standard InChI is InChI=1S/C31H39N3O4S/c1-22(2)19-32-31(36)26(6)33(20-27-10-8-7-9-11-27)30(35)21-34(29-17-14-24(4)18-25(29)5)39(37,38)28-15-12-23(3)13-16-28/h7-18,22,26H,19-21H2,1-6H3,(H,32,36). The van der Waals surface area contributed by atoms with Crippen molar-refractivity contribution in [2.75, 3.05) is 17.4 Å². The topological polar surface area (TPSA) is 86.8 Å². The van der Waals surface area contributed by atoms with Gasteiger partial charge in [-0.2, -0.15) is 0 Å². The highest BCUT2D eigenvalue weighted by Gasteiger charge is 2.33. The molecule has 7 nitrogen and oxygen atoms in total. The fraction of sp³-hybridized carbons (Fsp3) is 0.355. The second kappa shape index (κ2) is 12.9. The van der Waals surface area contributed by atoms with E-state index in [-0.39, 0.29) is 23.3 Å². The zero-order chi connectivity index (χ0) is 28.7. The number of nitrogens with one attached hydrogen (secondary N) is 1. The molecule has 0 fully saturated rings. The van der Waals surface area contributed by atoms with E-state index >= 15 is 0 Å². The minimum Gasteiger partial charge on any atom is -0.354 e. The number of carbonyl (C=O) groups is 2. The Labute approximate surface area is 232 Å². The van der Waals surface area contributed by atoms with Gasteiger partial charge in [0.15, 0.2) is 0 Å². The van der Waals surface area contributed by atoms with Crippen molar-refractivity contribution in [1.82, 2.24) is 10.2 Å². The predicted octanol–water partition coefficient (Wildman–Crippen LogP) is 5.00. The fourth-order valence-corrected chi connectivity index (χ4v) is 5.73. The van der Waals surface area contributed by atoms with Crippen molar-refractivity contribution in [2.24, 2.45) is 5.92 Å². The van der Waals surface area contributed by atoms with E-state index in [4.69, 9.17) is 0 Å². The van der Waals surface area contributed by atoms with Crippen LogP contribution in [0.5, 0.6) is 0 Å². The molecular formula is C31H39N3O4S. The van der Waals surface area contributed by atoms with E-state index in [0.29, 0.717) is 12.2 Å². The number of hydrogen-bond donors (Lipinski definition) is 1. The third-order valence-electron chi connectivity index (χ3n) is 6.56. The van der Waals surface area contributed by atoms with Gasteiger partial charge in [0, 0.05) is 13.1 Å². The van der Waals surface area contributed by atoms with Crippen LogP contribution in [0.3, 0.4) is 0 Å². The van der Waals surface area contributed by atoms with Gasteiger partial charge in [-0.3, -0.25) is 13.9 Å². The molecule has 1 unspecified atom stereocenters. The van der Waals surface area contributed by atoms with E-state index in [1.54, 1.807) is 37.3 Å². The van der Waals surface area contributed by atoms with Crippen molar-refractivity contribution >= 4 is 27.5 Å². The maximum atomic E-state index is 14.0. The lowest BCUT2D eigenvalue weighted by atomic mass is 10.1. The Bertz CT molecular complexity index is 1390. The summed E-state index contributed by atoms with van der Waals surface area (Å²) in [6, 6.07) is 20.6. The molecule has 3 aromatic rings. The van der Waals surface area contributed by atoms with Gasteiger partial charge in [0.25, 0.3) is 10.0 Å². The largest absolute Gasteiger partial charge is 0.354 e. The molecule has 1 atom stereocenters. The number of aryl methyl sites for hydroxylation is 3. The summed E-state index contributed by atoms with van der Waals surface area (Å²) in [5.74, 6) is -0.506. The zero-order valence-corrected chi connectivity index (χ0v) is 24.5. The van der Waals surface area contributed by atoms with Crippen molar-refractivity contribution in [2.45, 2.75) is 59.0 Å². The molecule has 0 spiro atoms. The molecule has 0 radical (unpaired) electrons. The average Bonchev–Trinajstić information content (AvgIpc) is 2.89. The summed E-state index contributed by atoms with van der Waals surface area (Å²) in [5, 5.41) is 2.90. The van der Waals surface area contributed by atoms with Crippen LogP contribution >= 0.6 is 0 Å². The Morgan fingerprint density at radius 1 is 0.846 bits per heavy atom. The molecule has 3 rings (SSSR count). The molecule has 0 saturated heterocycles. The van der Waals surface area contributed by atoms with Gasteiger partial charge in [-0.05, 0) is 62.9 Å². The number of carbonyl (C=O) groups excluding carboxylic acids is 2. The van der Waals surface area contributed by atoms with Crippen molar-refractivity contribution in [3.63, 3.8) is 0 Å². The number of sulfonamides is 1. The summed E-state index contributed by atoms with van der Waals surface area (Å²) in [5.41, 5.74) is 3.91. The molecule has 0 bridgehead atoms. The summed E-state index contributed by atoms with van der Waals surface area (Å²) < 4.78 is 29.1. The molecule has 8 heteroatoms. The Balaban J connectivity index is 2.03. The highest BCUT2D eigenvalue weighted by atomic mass is 32.2. The molecule has 0 saturated carbocycles. The first-order valence-corrected chi connectivity index (χ1v) is 14.6. The summed E-state index contributed by atoms with van der Waals surface area (Å²) in [6.07, 6.45) is 0. The van der Waals surface area contributed by atoms with E-state index in [0.717, 1.165) is 26.6 Å². The normalized spacial score (nSPS) is 12.2. The van der Waals surface area contributed by atoms with Gasteiger partial charge in [-0.15, -0.1) is 0 Å². The number of amides is 2. The molecule has 3 aromatic carbocycles. The molecule has 0 aliphatic carbocycles. The highest BCUT2D eigenvalue weighted by molar-refractivity contribution is 7.92. The van der Waals surface area contributed by atoms with Gasteiger partial charge in [0.05, 0.1) is 10.6 Å². The number of anilines is 1. The van der Waals surface area contributed by atoms with Crippen LogP contribution < -0.4 is 9.62 Å². The summed E-state index contributed by atoms with van der Waals surface area (Å²) >= 11 is 0. The number of hydrogen-bond acceptors (Lipinski definition) is 4. The Morgan fingerprint density at radius 3 is 2.05 bits per heavy atom. The smallest absolute Gasteiger partial charge is 0.264 e. The average molecular weight is 550 g/mol. The molecule has 0 aliphatic heterocycles.